The van der Waals surface area contributed by atoms with Crippen LogP contribution < -0.4 is 4.83 Å². The fraction of sp³-hybridized carbons (Fsp3) is 0. The topological polar surface area (TPSA) is 58.5 Å². The van der Waals surface area contributed by atoms with E-state index >= 15 is 0 Å². The Kier molecular flexibility index (Phi) is 3.94. The summed E-state index contributed by atoms with van der Waals surface area (Å²) < 4.78 is 25.8. The molecular formula is C19H13BrN2O2S. The van der Waals surface area contributed by atoms with Crippen LogP contribution in [-0.2, 0) is 10.0 Å². The van der Waals surface area contributed by atoms with Crippen LogP contribution in [-0.4, -0.2) is 14.1 Å². The number of sulfonamides is 1. The summed E-state index contributed by atoms with van der Waals surface area (Å²) >= 11 is 3.30. The van der Waals surface area contributed by atoms with Gasteiger partial charge in [-0.1, -0.05) is 64.5 Å². The van der Waals surface area contributed by atoms with E-state index in [2.05, 4.69) is 25.9 Å². The summed E-state index contributed by atoms with van der Waals surface area (Å²) in [6.07, 6.45) is 0. The zero-order valence-corrected chi connectivity index (χ0v) is 15.4. The quantitative estimate of drug-likeness (QED) is 0.513. The second-order valence-electron chi connectivity index (χ2n) is 5.60. The van der Waals surface area contributed by atoms with Gasteiger partial charge in [0.1, 0.15) is 0 Å². The molecule has 3 aromatic rings. The number of hydrogen-bond donors (Lipinski definition) is 1. The van der Waals surface area contributed by atoms with Crippen LogP contribution in [0, 0.1) is 0 Å². The molecule has 0 unspecified atom stereocenters. The highest BCUT2D eigenvalue weighted by atomic mass is 79.9. The van der Waals surface area contributed by atoms with Gasteiger partial charge in [-0.05, 0) is 35.4 Å². The van der Waals surface area contributed by atoms with Crippen molar-refractivity contribution in [1.29, 1.82) is 0 Å². The molecule has 6 heteroatoms. The summed E-state index contributed by atoms with van der Waals surface area (Å²) in [6, 6.07) is 22.1. The van der Waals surface area contributed by atoms with Gasteiger partial charge in [0.05, 0.1) is 10.6 Å². The number of hydrogen-bond acceptors (Lipinski definition) is 3. The Labute approximate surface area is 154 Å². The van der Waals surface area contributed by atoms with Gasteiger partial charge in [0.2, 0.25) is 0 Å². The molecule has 1 aliphatic rings. The van der Waals surface area contributed by atoms with E-state index in [1.165, 1.54) is 12.1 Å². The van der Waals surface area contributed by atoms with E-state index in [0.717, 1.165) is 26.7 Å². The molecule has 1 aliphatic carbocycles. The lowest BCUT2D eigenvalue weighted by Gasteiger charge is -2.06. The van der Waals surface area contributed by atoms with Crippen LogP contribution in [0.15, 0.2) is 87.3 Å². The first-order chi connectivity index (χ1) is 12.1. The highest BCUT2D eigenvalue weighted by molar-refractivity contribution is 9.10. The Morgan fingerprint density at radius 1 is 0.720 bits per heavy atom. The maximum atomic E-state index is 12.5. The van der Waals surface area contributed by atoms with E-state index in [1.807, 2.05) is 48.5 Å². The van der Waals surface area contributed by atoms with Crippen molar-refractivity contribution in [2.24, 2.45) is 5.10 Å². The molecule has 4 rings (SSSR count). The van der Waals surface area contributed by atoms with Crippen molar-refractivity contribution >= 4 is 31.7 Å². The molecule has 0 heterocycles. The fourth-order valence-electron chi connectivity index (χ4n) is 2.89. The summed E-state index contributed by atoms with van der Waals surface area (Å²) in [5.41, 5.74) is 4.58. The molecule has 0 amide bonds. The maximum Gasteiger partial charge on any atom is 0.276 e. The monoisotopic (exact) mass is 412 g/mol. The van der Waals surface area contributed by atoms with Crippen molar-refractivity contribution in [1.82, 2.24) is 4.83 Å². The summed E-state index contributed by atoms with van der Waals surface area (Å²) in [5.74, 6) is 0. The lowest BCUT2D eigenvalue weighted by atomic mass is 10.1. The van der Waals surface area contributed by atoms with Crippen molar-refractivity contribution in [3.8, 4) is 11.1 Å². The molecule has 0 spiro atoms. The highest BCUT2D eigenvalue weighted by Crippen LogP contribution is 2.36. The number of hydrazone groups is 1. The van der Waals surface area contributed by atoms with Crippen molar-refractivity contribution in [3.05, 3.63) is 88.4 Å². The normalized spacial score (nSPS) is 12.4. The molecule has 0 aliphatic heterocycles. The van der Waals surface area contributed by atoms with E-state index in [4.69, 9.17) is 0 Å². The van der Waals surface area contributed by atoms with Crippen molar-refractivity contribution in [3.63, 3.8) is 0 Å². The summed E-state index contributed by atoms with van der Waals surface area (Å²) in [6.45, 7) is 0. The third-order valence-electron chi connectivity index (χ3n) is 4.06. The average molecular weight is 413 g/mol. The first-order valence-electron chi connectivity index (χ1n) is 7.60. The van der Waals surface area contributed by atoms with Gasteiger partial charge in [-0.2, -0.15) is 18.4 Å². The van der Waals surface area contributed by atoms with E-state index in [1.54, 1.807) is 12.1 Å². The maximum absolute atomic E-state index is 12.5. The van der Waals surface area contributed by atoms with Crippen LogP contribution in [0.5, 0.6) is 0 Å². The molecule has 0 radical (unpaired) electrons. The first-order valence-corrected chi connectivity index (χ1v) is 9.88. The second kappa shape index (κ2) is 6.13. The van der Waals surface area contributed by atoms with Crippen LogP contribution in [0.3, 0.4) is 0 Å². The Hall–Kier alpha value is -2.44. The molecular weight excluding hydrogens is 400 g/mol. The van der Waals surface area contributed by atoms with Gasteiger partial charge in [0.25, 0.3) is 10.0 Å². The number of halogens is 1. The molecule has 3 aromatic carbocycles. The van der Waals surface area contributed by atoms with Gasteiger partial charge in [-0.15, -0.1) is 0 Å². The first kappa shape index (κ1) is 16.1. The Morgan fingerprint density at radius 2 is 1.20 bits per heavy atom. The van der Waals surface area contributed by atoms with Crippen LogP contribution in [0.2, 0.25) is 0 Å². The standard InChI is InChI=1S/C19H13BrN2O2S/c20-13-9-11-14(12-10-13)25(23,24)22-21-19-17-7-3-1-5-15(17)16-6-2-4-8-18(16)19/h1-12,22H. The molecule has 25 heavy (non-hydrogen) atoms. The molecule has 1 N–H and O–H groups in total. The molecule has 0 fully saturated rings. The summed E-state index contributed by atoms with van der Waals surface area (Å²) in [7, 11) is -3.73. The van der Waals surface area contributed by atoms with Crippen LogP contribution in [0.1, 0.15) is 11.1 Å². The van der Waals surface area contributed by atoms with Gasteiger partial charge in [0, 0.05) is 15.6 Å². The minimum absolute atomic E-state index is 0.166. The van der Waals surface area contributed by atoms with E-state index < -0.39 is 10.0 Å². The summed E-state index contributed by atoms with van der Waals surface area (Å²) in [5, 5.41) is 4.24. The second-order valence-corrected chi connectivity index (χ2v) is 8.18. The summed E-state index contributed by atoms with van der Waals surface area (Å²) in [4.78, 5) is 2.53. The average Bonchev–Trinajstić information content (AvgIpc) is 2.94. The lowest BCUT2D eigenvalue weighted by Crippen LogP contribution is -2.20. The predicted molar refractivity (Wildman–Crippen MR) is 102 cm³/mol. The smallest absolute Gasteiger partial charge is 0.200 e. The molecule has 124 valence electrons. The molecule has 0 atom stereocenters. The number of rotatable bonds is 3. The molecule has 0 saturated heterocycles. The van der Waals surface area contributed by atoms with Crippen LogP contribution >= 0.6 is 15.9 Å². The fourth-order valence-corrected chi connectivity index (χ4v) is 3.96. The number of nitrogens with one attached hydrogen (secondary N) is 1. The zero-order chi connectivity index (χ0) is 17.4. The largest absolute Gasteiger partial charge is 0.276 e. The van der Waals surface area contributed by atoms with Gasteiger partial charge in [-0.25, -0.2) is 0 Å². The SMILES string of the molecule is O=S(=O)(NN=C1c2ccccc2-c2ccccc21)c1ccc(Br)cc1. The van der Waals surface area contributed by atoms with Crippen LogP contribution in [0.25, 0.3) is 11.1 Å². The third-order valence-corrected chi connectivity index (χ3v) is 5.81. The van der Waals surface area contributed by atoms with E-state index in [9.17, 15) is 8.42 Å². The van der Waals surface area contributed by atoms with Crippen LogP contribution in [0.4, 0.5) is 0 Å². The van der Waals surface area contributed by atoms with Gasteiger partial charge in [0.15, 0.2) is 0 Å². The van der Waals surface area contributed by atoms with E-state index in [-0.39, 0.29) is 4.90 Å². The number of fused-ring (bicyclic) bond motifs is 3. The molecule has 4 nitrogen and oxygen atoms in total. The Balaban J connectivity index is 1.76. The van der Waals surface area contributed by atoms with E-state index in [0.29, 0.717) is 5.71 Å². The van der Waals surface area contributed by atoms with Gasteiger partial charge >= 0.3 is 0 Å². The van der Waals surface area contributed by atoms with Gasteiger partial charge < -0.3 is 0 Å². The van der Waals surface area contributed by atoms with Crippen molar-refractivity contribution in [2.75, 3.05) is 0 Å². The van der Waals surface area contributed by atoms with Gasteiger partial charge in [-0.3, -0.25) is 0 Å². The molecule has 0 bridgehead atoms. The number of nitrogens with zero attached hydrogens (tertiary/aromatic N) is 1. The molecule has 0 saturated carbocycles. The Morgan fingerprint density at radius 3 is 1.72 bits per heavy atom. The third kappa shape index (κ3) is 2.88. The molecule has 0 aromatic heterocycles. The Bertz CT molecular complexity index is 1040. The predicted octanol–water partition coefficient (Wildman–Crippen LogP) is 4.16. The zero-order valence-electron chi connectivity index (χ0n) is 13.0. The minimum atomic E-state index is -3.73. The van der Waals surface area contributed by atoms with Crippen molar-refractivity contribution in [2.45, 2.75) is 4.90 Å². The highest BCUT2D eigenvalue weighted by Gasteiger charge is 2.24. The lowest BCUT2D eigenvalue weighted by molar-refractivity contribution is 0.584. The number of benzene rings is 3. The van der Waals surface area contributed by atoms with Crippen molar-refractivity contribution < 1.29 is 8.42 Å². The minimum Gasteiger partial charge on any atom is -0.200 e.